The monoisotopic (exact) mass is 270 g/mol. The summed E-state index contributed by atoms with van der Waals surface area (Å²) in [5, 5.41) is 0. The lowest BCUT2D eigenvalue weighted by molar-refractivity contribution is 0.103. The molecule has 0 N–H and O–H groups in total. The van der Waals surface area contributed by atoms with E-state index in [-0.39, 0.29) is 5.78 Å². The Hall–Kier alpha value is -2.16. The van der Waals surface area contributed by atoms with Gasteiger partial charge in [-0.3, -0.25) is 4.79 Å². The molecular weight excluding hydrogens is 255 g/mol. The van der Waals surface area contributed by atoms with Crippen molar-refractivity contribution in [3.8, 4) is 5.75 Å². The summed E-state index contributed by atoms with van der Waals surface area (Å²) in [7, 11) is 0. The van der Waals surface area contributed by atoms with Crippen LogP contribution in [0.5, 0.6) is 5.75 Å². The van der Waals surface area contributed by atoms with E-state index >= 15 is 0 Å². The number of aryl methyl sites for hydroxylation is 1. The van der Waals surface area contributed by atoms with Crippen LogP contribution in [0, 0.1) is 12.7 Å². The number of carbonyl (C=O) groups excluding carboxylic acids is 1. The smallest absolute Gasteiger partial charge is 0.193 e. The minimum atomic E-state index is -0.396. The highest BCUT2D eigenvalue weighted by atomic mass is 19.1. The number of hydrogen-bond donors (Lipinski definition) is 0. The van der Waals surface area contributed by atoms with E-state index in [4.69, 9.17) is 4.74 Å². The number of rotatable bonds is 4. The Morgan fingerprint density at radius 1 is 1.15 bits per heavy atom. The molecule has 0 atom stereocenters. The molecule has 20 heavy (non-hydrogen) atoms. The van der Waals surface area contributed by atoms with Crippen LogP contribution in [0.4, 0.5) is 4.39 Å². The van der Waals surface area contributed by atoms with Crippen molar-refractivity contribution in [1.82, 2.24) is 0 Å². The minimum Gasteiger partial charge on any atom is -0.490 e. The maximum atomic E-state index is 13.3. The van der Waals surface area contributed by atoms with Gasteiger partial charge < -0.3 is 4.74 Å². The van der Waals surface area contributed by atoms with Crippen molar-refractivity contribution < 1.29 is 13.9 Å². The second kappa shape index (κ2) is 5.08. The van der Waals surface area contributed by atoms with Gasteiger partial charge in [-0.15, -0.1) is 0 Å². The molecule has 0 spiro atoms. The molecule has 0 unspecified atom stereocenters. The summed E-state index contributed by atoms with van der Waals surface area (Å²) in [5.74, 6) is 0.215. The van der Waals surface area contributed by atoms with E-state index < -0.39 is 5.82 Å². The van der Waals surface area contributed by atoms with Crippen LogP contribution in [0.15, 0.2) is 42.5 Å². The lowest BCUT2D eigenvalue weighted by Crippen LogP contribution is -2.04. The molecule has 0 aliphatic heterocycles. The molecule has 0 heterocycles. The fraction of sp³-hybridized carbons (Fsp3) is 0.235. The molecule has 1 fully saturated rings. The second-order valence-electron chi connectivity index (χ2n) is 5.13. The topological polar surface area (TPSA) is 26.3 Å². The summed E-state index contributed by atoms with van der Waals surface area (Å²) in [4.78, 5) is 12.4. The molecule has 102 valence electrons. The fourth-order valence-electron chi connectivity index (χ4n) is 2.06. The zero-order chi connectivity index (χ0) is 14.1. The van der Waals surface area contributed by atoms with E-state index in [1.165, 1.54) is 12.1 Å². The van der Waals surface area contributed by atoms with Crippen molar-refractivity contribution in [3.63, 3.8) is 0 Å². The van der Waals surface area contributed by atoms with Gasteiger partial charge in [-0.05, 0) is 61.7 Å². The zero-order valence-electron chi connectivity index (χ0n) is 11.2. The predicted molar refractivity (Wildman–Crippen MR) is 74.7 cm³/mol. The molecule has 2 nitrogen and oxygen atoms in total. The first-order chi connectivity index (χ1) is 9.63. The van der Waals surface area contributed by atoms with E-state index in [1.807, 2.05) is 0 Å². The third kappa shape index (κ3) is 2.72. The Labute approximate surface area is 117 Å². The highest BCUT2D eigenvalue weighted by Gasteiger charge is 2.23. The van der Waals surface area contributed by atoms with Crippen molar-refractivity contribution in [3.05, 3.63) is 65.0 Å². The molecule has 3 heteroatoms. The van der Waals surface area contributed by atoms with Crippen LogP contribution in [0.25, 0.3) is 0 Å². The van der Waals surface area contributed by atoms with Crippen LogP contribution in [0.1, 0.15) is 34.3 Å². The standard InChI is InChI=1S/C17H15FO2/c1-11-2-5-13(18)10-16(11)17(19)12-3-6-14(7-4-12)20-15-8-9-15/h2-7,10,15H,8-9H2,1H3. The molecule has 0 saturated heterocycles. The summed E-state index contributed by atoms with van der Waals surface area (Å²) < 4.78 is 18.9. The van der Waals surface area contributed by atoms with Gasteiger partial charge in [-0.1, -0.05) is 6.07 Å². The number of carbonyl (C=O) groups is 1. The Kier molecular flexibility index (Phi) is 3.26. The molecule has 0 bridgehead atoms. The average molecular weight is 270 g/mol. The maximum absolute atomic E-state index is 13.3. The van der Waals surface area contributed by atoms with Gasteiger partial charge in [0.25, 0.3) is 0 Å². The van der Waals surface area contributed by atoms with E-state index in [9.17, 15) is 9.18 Å². The molecular formula is C17H15FO2. The van der Waals surface area contributed by atoms with E-state index in [2.05, 4.69) is 0 Å². The lowest BCUT2D eigenvalue weighted by atomic mass is 9.99. The summed E-state index contributed by atoms with van der Waals surface area (Å²) >= 11 is 0. The quantitative estimate of drug-likeness (QED) is 0.787. The molecule has 2 aromatic rings. The number of hydrogen-bond acceptors (Lipinski definition) is 2. The summed E-state index contributed by atoms with van der Waals surface area (Å²) in [5.41, 5.74) is 1.72. The highest BCUT2D eigenvalue weighted by Crippen LogP contribution is 2.27. The van der Waals surface area contributed by atoms with Crippen LogP contribution in [-0.2, 0) is 0 Å². The normalized spacial score (nSPS) is 14.1. The number of ketones is 1. The van der Waals surface area contributed by atoms with Crippen molar-refractivity contribution in [2.75, 3.05) is 0 Å². The molecule has 0 radical (unpaired) electrons. The van der Waals surface area contributed by atoms with Crippen LogP contribution in [0.2, 0.25) is 0 Å². The zero-order valence-corrected chi connectivity index (χ0v) is 11.2. The average Bonchev–Trinajstić information content (AvgIpc) is 3.26. The Bertz CT molecular complexity index is 643. The van der Waals surface area contributed by atoms with Crippen LogP contribution in [-0.4, -0.2) is 11.9 Å². The van der Waals surface area contributed by atoms with Crippen LogP contribution < -0.4 is 4.74 Å². The van der Waals surface area contributed by atoms with Crippen molar-refractivity contribution in [2.24, 2.45) is 0 Å². The van der Waals surface area contributed by atoms with Gasteiger partial charge in [0.05, 0.1) is 6.10 Å². The van der Waals surface area contributed by atoms with Crippen molar-refractivity contribution >= 4 is 5.78 Å². The Balaban J connectivity index is 1.83. The molecule has 1 aliphatic carbocycles. The lowest BCUT2D eigenvalue weighted by Gasteiger charge is -2.07. The number of ether oxygens (including phenoxy) is 1. The minimum absolute atomic E-state index is 0.167. The van der Waals surface area contributed by atoms with Crippen molar-refractivity contribution in [1.29, 1.82) is 0 Å². The molecule has 0 amide bonds. The summed E-state index contributed by atoms with van der Waals surface area (Å²) in [6.07, 6.45) is 2.54. The summed E-state index contributed by atoms with van der Waals surface area (Å²) in [6.45, 7) is 1.80. The van der Waals surface area contributed by atoms with E-state index in [0.717, 1.165) is 24.2 Å². The van der Waals surface area contributed by atoms with Gasteiger partial charge in [0.2, 0.25) is 0 Å². The van der Waals surface area contributed by atoms with Gasteiger partial charge in [0, 0.05) is 11.1 Å². The third-order valence-electron chi connectivity index (χ3n) is 3.39. The Morgan fingerprint density at radius 2 is 1.85 bits per heavy atom. The van der Waals surface area contributed by atoms with E-state index in [0.29, 0.717) is 17.2 Å². The maximum Gasteiger partial charge on any atom is 0.193 e. The number of benzene rings is 2. The molecule has 1 saturated carbocycles. The predicted octanol–water partition coefficient (Wildman–Crippen LogP) is 3.91. The van der Waals surface area contributed by atoms with Gasteiger partial charge in [0.1, 0.15) is 11.6 Å². The fourth-order valence-corrected chi connectivity index (χ4v) is 2.06. The van der Waals surface area contributed by atoms with Crippen molar-refractivity contribution in [2.45, 2.75) is 25.9 Å². The largest absolute Gasteiger partial charge is 0.490 e. The first-order valence-electron chi connectivity index (χ1n) is 6.71. The number of halogens is 1. The van der Waals surface area contributed by atoms with Gasteiger partial charge in [0.15, 0.2) is 5.78 Å². The molecule has 1 aliphatic rings. The van der Waals surface area contributed by atoms with Crippen LogP contribution >= 0.6 is 0 Å². The Morgan fingerprint density at radius 3 is 2.50 bits per heavy atom. The molecule has 2 aromatic carbocycles. The summed E-state index contributed by atoms with van der Waals surface area (Å²) in [6, 6.07) is 11.3. The first kappa shape index (κ1) is 12.9. The second-order valence-corrected chi connectivity index (χ2v) is 5.13. The van der Waals surface area contributed by atoms with Gasteiger partial charge in [-0.2, -0.15) is 0 Å². The SMILES string of the molecule is Cc1ccc(F)cc1C(=O)c1ccc(OC2CC2)cc1. The molecule has 3 rings (SSSR count). The van der Waals surface area contributed by atoms with Gasteiger partial charge >= 0.3 is 0 Å². The van der Waals surface area contributed by atoms with Gasteiger partial charge in [-0.25, -0.2) is 4.39 Å². The highest BCUT2D eigenvalue weighted by molar-refractivity contribution is 6.09. The third-order valence-corrected chi connectivity index (χ3v) is 3.39. The van der Waals surface area contributed by atoms with E-state index in [1.54, 1.807) is 37.3 Å². The first-order valence-corrected chi connectivity index (χ1v) is 6.71. The molecule has 0 aromatic heterocycles. The van der Waals surface area contributed by atoms with Crippen LogP contribution in [0.3, 0.4) is 0 Å².